The van der Waals surface area contributed by atoms with Crippen molar-refractivity contribution in [1.82, 2.24) is 10.2 Å². The fourth-order valence-corrected chi connectivity index (χ4v) is 2.78. The van der Waals surface area contributed by atoms with Gasteiger partial charge in [0.15, 0.2) is 0 Å². The molecular formula is C20H23N3O4. The third kappa shape index (κ3) is 5.13. The van der Waals surface area contributed by atoms with Gasteiger partial charge in [-0.15, -0.1) is 0 Å². The summed E-state index contributed by atoms with van der Waals surface area (Å²) in [6.07, 6.45) is -0.148. The number of aryl methyl sites for hydroxylation is 1. The van der Waals surface area contributed by atoms with E-state index in [0.29, 0.717) is 5.56 Å². The normalized spacial score (nSPS) is 11.5. The molecule has 2 rings (SSSR count). The van der Waals surface area contributed by atoms with Gasteiger partial charge in [-0.3, -0.25) is 19.7 Å². The number of rotatable bonds is 7. The van der Waals surface area contributed by atoms with Gasteiger partial charge in [-0.1, -0.05) is 48.0 Å². The number of nitro groups is 1. The van der Waals surface area contributed by atoms with Crippen molar-refractivity contribution in [3.8, 4) is 0 Å². The van der Waals surface area contributed by atoms with Crippen LogP contribution in [0.1, 0.15) is 23.6 Å². The van der Waals surface area contributed by atoms with Crippen molar-refractivity contribution in [3.63, 3.8) is 0 Å². The van der Waals surface area contributed by atoms with Gasteiger partial charge in [-0.2, -0.15) is 0 Å². The highest BCUT2D eigenvalue weighted by molar-refractivity contribution is 5.88. The zero-order chi connectivity index (χ0) is 20.0. The maximum absolute atomic E-state index is 12.9. The number of amides is 2. The zero-order valence-corrected chi connectivity index (χ0v) is 15.6. The summed E-state index contributed by atoms with van der Waals surface area (Å²) in [5, 5.41) is 13.7. The van der Waals surface area contributed by atoms with Crippen LogP contribution in [0, 0.1) is 17.0 Å². The molecule has 0 bridgehead atoms. The molecule has 27 heavy (non-hydrogen) atoms. The van der Waals surface area contributed by atoms with Crippen molar-refractivity contribution in [2.24, 2.45) is 0 Å². The Morgan fingerprint density at radius 2 is 1.78 bits per heavy atom. The molecule has 142 valence electrons. The third-order valence-electron chi connectivity index (χ3n) is 4.42. The quantitative estimate of drug-likeness (QED) is 0.600. The molecule has 1 atom stereocenters. The van der Waals surface area contributed by atoms with Crippen molar-refractivity contribution >= 4 is 17.5 Å². The predicted molar refractivity (Wildman–Crippen MR) is 102 cm³/mol. The van der Waals surface area contributed by atoms with Gasteiger partial charge in [-0.05, 0) is 19.4 Å². The van der Waals surface area contributed by atoms with Crippen LogP contribution in [0.15, 0.2) is 48.5 Å². The number of nitrogens with zero attached hydrogens (tertiary/aromatic N) is 2. The smallest absolute Gasteiger partial charge is 0.273 e. The first-order valence-corrected chi connectivity index (χ1v) is 8.62. The molecule has 7 nitrogen and oxygen atoms in total. The van der Waals surface area contributed by atoms with Crippen LogP contribution in [-0.2, 0) is 22.6 Å². The highest BCUT2D eigenvalue weighted by Crippen LogP contribution is 2.20. The predicted octanol–water partition coefficient (Wildman–Crippen LogP) is 2.61. The van der Waals surface area contributed by atoms with Gasteiger partial charge in [0.1, 0.15) is 6.04 Å². The van der Waals surface area contributed by atoms with Gasteiger partial charge in [0.25, 0.3) is 5.69 Å². The highest BCUT2D eigenvalue weighted by Gasteiger charge is 2.27. The van der Waals surface area contributed by atoms with E-state index in [2.05, 4.69) is 5.32 Å². The first-order chi connectivity index (χ1) is 12.8. The lowest BCUT2D eigenvalue weighted by Crippen LogP contribution is -2.47. The lowest BCUT2D eigenvalue weighted by atomic mass is 10.1. The third-order valence-corrected chi connectivity index (χ3v) is 4.42. The largest absolute Gasteiger partial charge is 0.357 e. The van der Waals surface area contributed by atoms with Crippen LogP contribution in [-0.4, -0.2) is 34.7 Å². The number of hydrogen-bond acceptors (Lipinski definition) is 4. The second-order valence-corrected chi connectivity index (χ2v) is 6.36. The minimum absolute atomic E-state index is 0.103. The van der Waals surface area contributed by atoms with Crippen LogP contribution in [0.4, 0.5) is 5.69 Å². The number of hydrogen-bond donors (Lipinski definition) is 1. The second-order valence-electron chi connectivity index (χ2n) is 6.36. The van der Waals surface area contributed by atoms with Gasteiger partial charge in [-0.25, -0.2) is 0 Å². The molecule has 0 radical (unpaired) electrons. The number of likely N-dealkylation sites (N-methyl/N-ethyl adjacent to an activating group) is 1. The first kappa shape index (κ1) is 20.1. The minimum Gasteiger partial charge on any atom is -0.357 e. The molecule has 0 spiro atoms. The Hall–Kier alpha value is -3.22. The fraction of sp³-hybridized carbons (Fsp3) is 0.300. The molecule has 2 aromatic rings. The lowest BCUT2D eigenvalue weighted by molar-refractivity contribution is -0.385. The summed E-state index contributed by atoms with van der Waals surface area (Å²) in [5.74, 6) is -0.640. The van der Waals surface area contributed by atoms with Gasteiger partial charge < -0.3 is 10.2 Å². The topological polar surface area (TPSA) is 92.6 Å². The summed E-state index contributed by atoms with van der Waals surface area (Å²) < 4.78 is 0. The fourth-order valence-electron chi connectivity index (χ4n) is 2.78. The Balaban J connectivity index is 2.29. The molecule has 7 heteroatoms. The van der Waals surface area contributed by atoms with Crippen molar-refractivity contribution in [2.45, 2.75) is 32.9 Å². The van der Waals surface area contributed by atoms with Gasteiger partial charge in [0, 0.05) is 25.2 Å². The van der Waals surface area contributed by atoms with Crippen LogP contribution in [0.5, 0.6) is 0 Å². The van der Waals surface area contributed by atoms with Gasteiger partial charge in [0.2, 0.25) is 11.8 Å². The molecule has 0 heterocycles. The van der Waals surface area contributed by atoms with Crippen LogP contribution in [0.2, 0.25) is 0 Å². The summed E-state index contributed by atoms with van der Waals surface area (Å²) in [6.45, 7) is 3.85. The van der Waals surface area contributed by atoms with E-state index in [-0.39, 0.29) is 30.5 Å². The SMILES string of the molecule is CNC(=O)[C@@H](C)N(Cc1ccc(C)cc1)C(=O)Cc1ccccc1[N+](=O)[O-]. The van der Waals surface area contributed by atoms with E-state index in [9.17, 15) is 19.7 Å². The number of nitrogens with one attached hydrogen (secondary N) is 1. The molecule has 2 aromatic carbocycles. The lowest BCUT2D eigenvalue weighted by Gasteiger charge is -2.28. The highest BCUT2D eigenvalue weighted by atomic mass is 16.6. The average molecular weight is 369 g/mol. The molecule has 0 aromatic heterocycles. The Labute approximate surface area is 158 Å². The maximum Gasteiger partial charge on any atom is 0.273 e. The molecule has 1 N–H and O–H groups in total. The zero-order valence-electron chi connectivity index (χ0n) is 15.6. The van der Waals surface area contributed by atoms with Crippen LogP contribution >= 0.6 is 0 Å². The number of carbonyl (C=O) groups excluding carboxylic acids is 2. The monoisotopic (exact) mass is 369 g/mol. The number of carbonyl (C=O) groups is 2. The summed E-state index contributed by atoms with van der Waals surface area (Å²) in [7, 11) is 1.51. The molecule has 0 saturated heterocycles. The van der Waals surface area contributed by atoms with Crippen molar-refractivity contribution in [2.75, 3.05) is 7.05 Å². The van der Waals surface area contributed by atoms with Crippen molar-refractivity contribution < 1.29 is 14.5 Å². The molecule has 0 fully saturated rings. The van der Waals surface area contributed by atoms with E-state index in [1.54, 1.807) is 25.1 Å². The van der Waals surface area contributed by atoms with E-state index in [0.717, 1.165) is 11.1 Å². The minimum atomic E-state index is -0.702. The second kappa shape index (κ2) is 8.93. The standard InChI is InChI=1S/C20H23N3O4/c1-14-8-10-16(11-9-14)13-22(15(2)20(25)21-3)19(24)12-17-6-4-5-7-18(17)23(26)27/h4-11,15H,12-13H2,1-3H3,(H,21,25)/t15-/m1/s1. The van der Waals surface area contributed by atoms with E-state index in [1.165, 1.54) is 18.0 Å². The molecule has 0 aliphatic rings. The molecular weight excluding hydrogens is 346 g/mol. The Kier molecular flexibility index (Phi) is 6.65. The Bertz CT molecular complexity index is 833. The summed E-state index contributed by atoms with van der Waals surface area (Å²) in [5.41, 5.74) is 2.20. The summed E-state index contributed by atoms with van der Waals surface area (Å²) >= 11 is 0. The van der Waals surface area contributed by atoms with E-state index >= 15 is 0 Å². The first-order valence-electron chi connectivity index (χ1n) is 8.62. The number of para-hydroxylation sites is 1. The molecule has 0 aliphatic heterocycles. The van der Waals surface area contributed by atoms with Gasteiger partial charge in [0.05, 0.1) is 11.3 Å². The number of benzene rings is 2. The molecule has 0 saturated carbocycles. The van der Waals surface area contributed by atoms with Gasteiger partial charge >= 0.3 is 0 Å². The number of nitro benzene ring substituents is 1. The molecule has 2 amide bonds. The Morgan fingerprint density at radius 1 is 1.15 bits per heavy atom. The molecule has 0 unspecified atom stereocenters. The van der Waals surface area contributed by atoms with E-state index in [4.69, 9.17) is 0 Å². The van der Waals surface area contributed by atoms with Crippen molar-refractivity contribution in [1.29, 1.82) is 0 Å². The van der Waals surface area contributed by atoms with Crippen LogP contribution < -0.4 is 5.32 Å². The summed E-state index contributed by atoms with van der Waals surface area (Å²) in [4.78, 5) is 37.2. The van der Waals surface area contributed by atoms with E-state index in [1.807, 2.05) is 31.2 Å². The van der Waals surface area contributed by atoms with E-state index < -0.39 is 11.0 Å². The van der Waals surface area contributed by atoms with Crippen LogP contribution in [0.3, 0.4) is 0 Å². The summed E-state index contributed by atoms with van der Waals surface area (Å²) in [6, 6.07) is 13.1. The average Bonchev–Trinajstić information content (AvgIpc) is 2.66. The molecule has 0 aliphatic carbocycles. The van der Waals surface area contributed by atoms with Crippen molar-refractivity contribution in [3.05, 3.63) is 75.3 Å². The Morgan fingerprint density at radius 3 is 2.37 bits per heavy atom. The maximum atomic E-state index is 12.9. The van der Waals surface area contributed by atoms with Crippen LogP contribution in [0.25, 0.3) is 0 Å².